The maximum absolute atomic E-state index is 12.1. The molecule has 0 spiro atoms. The summed E-state index contributed by atoms with van der Waals surface area (Å²) in [4.78, 5) is 12.1. The second-order valence-corrected chi connectivity index (χ2v) is 8.21. The standard InChI is InChI=1S/C19H21N3O3S/c1-13-8-10-15(11-9-13)19-12-18(20-22(19)14(2)23)16-6-4-5-7-17(16)21-26(3,24)25/h4-11,19,21H,12H2,1-3H3/t19-/m0/s1. The smallest absolute Gasteiger partial charge is 0.240 e. The molecular weight excluding hydrogens is 350 g/mol. The molecule has 3 rings (SSSR count). The molecule has 1 atom stereocenters. The number of sulfonamides is 1. The zero-order valence-corrected chi connectivity index (χ0v) is 15.7. The van der Waals surface area contributed by atoms with Gasteiger partial charge >= 0.3 is 0 Å². The van der Waals surface area contributed by atoms with Gasteiger partial charge in [0.15, 0.2) is 0 Å². The number of hydrogen-bond acceptors (Lipinski definition) is 4. The number of hydrazone groups is 1. The first kappa shape index (κ1) is 18.1. The van der Waals surface area contributed by atoms with Crippen LogP contribution in [0, 0.1) is 6.92 Å². The molecule has 1 aliphatic rings. The van der Waals surface area contributed by atoms with E-state index in [-0.39, 0.29) is 11.9 Å². The lowest BCUT2D eigenvalue weighted by molar-refractivity contribution is -0.130. The van der Waals surface area contributed by atoms with E-state index in [1.165, 1.54) is 11.9 Å². The van der Waals surface area contributed by atoms with Crippen LogP contribution in [0.25, 0.3) is 0 Å². The number of aryl methyl sites for hydroxylation is 1. The van der Waals surface area contributed by atoms with E-state index in [1.807, 2.05) is 43.3 Å². The summed E-state index contributed by atoms with van der Waals surface area (Å²) in [5, 5.41) is 5.96. The Bertz CT molecular complexity index is 966. The molecule has 0 aliphatic carbocycles. The highest BCUT2D eigenvalue weighted by atomic mass is 32.2. The Labute approximate surface area is 153 Å². The first-order valence-corrected chi connectivity index (χ1v) is 10.1. The number of rotatable bonds is 4. The average molecular weight is 371 g/mol. The van der Waals surface area contributed by atoms with Crippen LogP contribution in [-0.2, 0) is 14.8 Å². The van der Waals surface area contributed by atoms with E-state index in [1.54, 1.807) is 12.1 Å². The Morgan fingerprint density at radius 1 is 1.15 bits per heavy atom. The van der Waals surface area contributed by atoms with Crippen molar-refractivity contribution in [2.24, 2.45) is 5.10 Å². The molecule has 7 heteroatoms. The van der Waals surface area contributed by atoms with E-state index >= 15 is 0 Å². The van der Waals surface area contributed by atoms with Gasteiger partial charge in [-0.15, -0.1) is 0 Å². The molecule has 0 saturated heterocycles. The zero-order chi connectivity index (χ0) is 18.9. The van der Waals surface area contributed by atoms with E-state index < -0.39 is 10.0 Å². The number of para-hydroxylation sites is 1. The van der Waals surface area contributed by atoms with Crippen molar-refractivity contribution in [3.8, 4) is 0 Å². The predicted octanol–water partition coefficient (Wildman–Crippen LogP) is 3.06. The number of amides is 1. The Morgan fingerprint density at radius 3 is 2.42 bits per heavy atom. The molecule has 2 aromatic carbocycles. The highest BCUT2D eigenvalue weighted by Crippen LogP contribution is 2.34. The quantitative estimate of drug-likeness (QED) is 0.897. The number of benzene rings is 2. The summed E-state index contributed by atoms with van der Waals surface area (Å²) < 4.78 is 25.8. The van der Waals surface area contributed by atoms with Crippen LogP contribution >= 0.6 is 0 Å². The SMILES string of the molecule is CC(=O)N1N=C(c2ccccc2NS(C)(=O)=O)C[C@H]1c1ccc(C)cc1. The maximum Gasteiger partial charge on any atom is 0.240 e. The van der Waals surface area contributed by atoms with Crippen LogP contribution in [0.15, 0.2) is 53.6 Å². The highest BCUT2D eigenvalue weighted by Gasteiger charge is 2.32. The van der Waals surface area contributed by atoms with Gasteiger partial charge in [0.25, 0.3) is 0 Å². The second-order valence-electron chi connectivity index (χ2n) is 6.46. The molecule has 1 N–H and O–H groups in total. The molecule has 2 aromatic rings. The van der Waals surface area contributed by atoms with Crippen LogP contribution in [0.1, 0.15) is 36.1 Å². The van der Waals surface area contributed by atoms with Gasteiger partial charge < -0.3 is 0 Å². The molecule has 0 saturated carbocycles. The number of carbonyl (C=O) groups excluding carboxylic acids is 1. The summed E-state index contributed by atoms with van der Waals surface area (Å²) in [7, 11) is -3.42. The van der Waals surface area contributed by atoms with Crippen molar-refractivity contribution in [3.63, 3.8) is 0 Å². The lowest BCUT2D eigenvalue weighted by atomic mass is 9.97. The molecule has 1 amide bonds. The zero-order valence-electron chi connectivity index (χ0n) is 14.9. The van der Waals surface area contributed by atoms with Gasteiger partial charge in [0.2, 0.25) is 15.9 Å². The Hall–Kier alpha value is -2.67. The first-order chi connectivity index (χ1) is 12.2. The minimum Gasteiger partial charge on any atom is -0.283 e. The number of hydrogen-bond donors (Lipinski definition) is 1. The first-order valence-electron chi connectivity index (χ1n) is 8.25. The fourth-order valence-electron chi connectivity index (χ4n) is 3.04. The van der Waals surface area contributed by atoms with E-state index in [2.05, 4.69) is 9.82 Å². The van der Waals surface area contributed by atoms with E-state index in [0.717, 1.165) is 17.4 Å². The minimum atomic E-state index is -3.42. The third-order valence-corrected chi connectivity index (χ3v) is 4.82. The monoisotopic (exact) mass is 371 g/mol. The summed E-state index contributed by atoms with van der Waals surface area (Å²) in [6, 6.07) is 14.9. The van der Waals surface area contributed by atoms with Crippen molar-refractivity contribution in [1.82, 2.24) is 5.01 Å². The van der Waals surface area contributed by atoms with Crippen LogP contribution in [0.5, 0.6) is 0 Å². The second kappa shape index (κ2) is 6.92. The summed E-state index contributed by atoms with van der Waals surface area (Å²) in [6.45, 7) is 3.49. The van der Waals surface area contributed by atoms with Crippen molar-refractivity contribution in [2.45, 2.75) is 26.3 Å². The normalized spacial score (nSPS) is 17.1. The number of anilines is 1. The van der Waals surface area contributed by atoms with Gasteiger partial charge in [-0.25, -0.2) is 13.4 Å². The highest BCUT2D eigenvalue weighted by molar-refractivity contribution is 7.92. The molecule has 1 aliphatic heterocycles. The molecule has 6 nitrogen and oxygen atoms in total. The Balaban J connectivity index is 1.98. The third kappa shape index (κ3) is 3.94. The average Bonchev–Trinajstić information content (AvgIpc) is 3.00. The molecule has 0 unspecified atom stereocenters. The molecule has 0 radical (unpaired) electrons. The van der Waals surface area contributed by atoms with Crippen molar-refractivity contribution >= 4 is 27.3 Å². The lowest BCUT2D eigenvalue weighted by Gasteiger charge is -2.20. The van der Waals surface area contributed by atoms with Gasteiger partial charge in [-0.3, -0.25) is 9.52 Å². The van der Waals surface area contributed by atoms with Crippen molar-refractivity contribution in [1.29, 1.82) is 0 Å². The van der Waals surface area contributed by atoms with Crippen LogP contribution in [0.3, 0.4) is 0 Å². The fraction of sp³-hybridized carbons (Fsp3) is 0.263. The largest absolute Gasteiger partial charge is 0.283 e. The summed E-state index contributed by atoms with van der Waals surface area (Å²) >= 11 is 0. The molecule has 136 valence electrons. The minimum absolute atomic E-state index is 0.154. The van der Waals surface area contributed by atoms with Crippen molar-refractivity contribution in [3.05, 3.63) is 65.2 Å². The van der Waals surface area contributed by atoms with E-state index in [0.29, 0.717) is 23.4 Å². The fourth-order valence-corrected chi connectivity index (χ4v) is 3.61. The van der Waals surface area contributed by atoms with Gasteiger partial charge in [0, 0.05) is 18.9 Å². The molecular formula is C19H21N3O3S. The molecule has 1 heterocycles. The lowest BCUT2D eigenvalue weighted by Crippen LogP contribution is -2.24. The maximum atomic E-state index is 12.1. The Morgan fingerprint density at radius 2 is 1.81 bits per heavy atom. The van der Waals surface area contributed by atoms with Crippen molar-refractivity contribution < 1.29 is 13.2 Å². The Kier molecular flexibility index (Phi) is 4.82. The van der Waals surface area contributed by atoms with Crippen LogP contribution in [0.4, 0.5) is 5.69 Å². The van der Waals surface area contributed by atoms with Crippen LogP contribution < -0.4 is 4.72 Å². The van der Waals surface area contributed by atoms with Crippen LogP contribution in [0.2, 0.25) is 0 Å². The van der Waals surface area contributed by atoms with Crippen LogP contribution in [-0.4, -0.2) is 31.3 Å². The van der Waals surface area contributed by atoms with Gasteiger partial charge in [-0.1, -0.05) is 48.0 Å². The van der Waals surface area contributed by atoms with E-state index in [4.69, 9.17) is 0 Å². The summed E-state index contributed by atoms with van der Waals surface area (Å²) in [5.41, 5.74) is 3.96. The molecule has 0 bridgehead atoms. The summed E-state index contributed by atoms with van der Waals surface area (Å²) in [6.07, 6.45) is 1.63. The number of carbonyl (C=O) groups is 1. The molecule has 0 fully saturated rings. The predicted molar refractivity (Wildman–Crippen MR) is 103 cm³/mol. The van der Waals surface area contributed by atoms with Gasteiger partial charge in [-0.2, -0.15) is 5.10 Å². The van der Waals surface area contributed by atoms with Gasteiger partial charge in [0.1, 0.15) is 0 Å². The summed E-state index contributed by atoms with van der Waals surface area (Å²) in [5.74, 6) is -0.154. The number of nitrogens with zero attached hydrogens (tertiary/aromatic N) is 2. The topological polar surface area (TPSA) is 78.8 Å². The van der Waals surface area contributed by atoms with E-state index in [9.17, 15) is 13.2 Å². The molecule has 0 aromatic heterocycles. The van der Waals surface area contributed by atoms with Gasteiger partial charge in [0.05, 0.1) is 23.7 Å². The van der Waals surface area contributed by atoms with Crippen molar-refractivity contribution in [2.75, 3.05) is 11.0 Å². The number of nitrogens with one attached hydrogen (secondary N) is 1. The third-order valence-electron chi connectivity index (χ3n) is 4.23. The molecule has 26 heavy (non-hydrogen) atoms. The van der Waals surface area contributed by atoms with Gasteiger partial charge in [-0.05, 0) is 18.6 Å².